The molecule has 1 saturated carbocycles. The van der Waals surface area contributed by atoms with Crippen LogP contribution < -0.4 is 0 Å². The van der Waals surface area contributed by atoms with E-state index in [0.717, 1.165) is 28.9 Å². The maximum Gasteiger partial charge on any atom is 0.303 e. The molecule has 0 radical (unpaired) electrons. The Hall–Kier alpha value is -2.32. The summed E-state index contributed by atoms with van der Waals surface area (Å²) in [6.45, 7) is 0. The fraction of sp³-hybridized carbons (Fsp3) is 0.263. The second kappa shape index (κ2) is 6.66. The average molecular weight is 341 g/mol. The summed E-state index contributed by atoms with van der Waals surface area (Å²) in [5.41, 5.74) is 2.06. The summed E-state index contributed by atoms with van der Waals surface area (Å²) >= 11 is 1.58. The third-order valence-electron chi connectivity index (χ3n) is 4.28. The largest absolute Gasteiger partial charge is 0.481 e. The molecule has 2 aromatic rings. The van der Waals surface area contributed by atoms with E-state index in [1.54, 1.807) is 30.0 Å². The number of carbonyl (C=O) groups is 1. The molecule has 0 amide bonds. The number of thioether (sulfide) groups is 1. The minimum atomic E-state index is -0.764. The highest BCUT2D eigenvalue weighted by atomic mass is 32.2. The Labute approximate surface area is 144 Å². The van der Waals surface area contributed by atoms with Gasteiger partial charge >= 0.3 is 5.97 Å². The van der Waals surface area contributed by atoms with Gasteiger partial charge in [0.1, 0.15) is 5.82 Å². The van der Waals surface area contributed by atoms with E-state index in [-0.39, 0.29) is 17.7 Å². The lowest BCUT2D eigenvalue weighted by atomic mass is 10.0. The van der Waals surface area contributed by atoms with Crippen LogP contribution in [0.2, 0.25) is 0 Å². The molecule has 24 heavy (non-hydrogen) atoms. The molecule has 1 fully saturated rings. The van der Waals surface area contributed by atoms with Crippen molar-refractivity contribution in [2.75, 3.05) is 5.75 Å². The molecule has 2 aromatic carbocycles. The summed E-state index contributed by atoms with van der Waals surface area (Å²) < 4.78 is 13.7. The first-order valence-electron chi connectivity index (χ1n) is 7.66. The molecule has 0 aliphatic heterocycles. The predicted molar refractivity (Wildman–Crippen MR) is 91.2 cm³/mol. The number of nitriles is 1. The number of aliphatic carboxylic acids is 1. The molecule has 0 spiro atoms. The molecular formula is C19H16FNO2S. The van der Waals surface area contributed by atoms with Crippen LogP contribution in [-0.2, 0) is 4.79 Å². The minimum Gasteiger partial charge on any atom is -0.481 e. The average Bonchev–Trinajstić information content (AvgIpc) is 3.32. The predicted octanol–water partition coefficient (Wildman–Crippen LogP) is 4.71. The van der Waals surface area contributed by atoms with Gasteiger partial charge in [0, 0.05) is 10.6 Å². The Morgan fingerprint density at radius 3 is 2.54 bits per heavy atom. The van der Waals surface area contributed by atoms with E-state index in [4.69, 9.17) is 10.4 Å². The van der Waals surface area contributed by atoms with Crippen LogP contribution in [0.3, 0.4) is 0 Å². The van der Waals surface area contributed by atoms with Crippen molar-refractivity contribution < 1.29 is 14.3 Å². The number of carboxylic acid groups (broad SMARTS) is 1. The maximum atomic E-state index is 13.7. The standard InChI is InChI=1S/C19H16FNO2S/c20-15-5-6-17(24-12-19(7-8-19)10-18(22)23)16(9-15)14-3-1-13(11-21)2-4-14/h1-6,9H,7-8,10,12H2,(H,22,23). The van der Waals surface area contributed by atoms with Crippen molar-refractivity contribution >= 4 is 17.7 Å². The van der Waals surface area contributed by atoms with E-state index in [9.17, 15) is 9.18 Å². The first-order chi connectivity index (χ1) is 11.5. The molecule has 0 heterocycles. The molecule has 5 heteroatoms. The Bertz CT molecular complexity index is 807. The van der Waals surface area contributed by atoms with Gasteiger partial charge in [0.2, 0.25) is 0 Å². The highest BCUT2D eigenvalue weighted by Gasteiger charge is 2.44. The van der Waals surface area contributed by atoms with Gasteiger partial charge in [0.05, 0.1) is 18.1 Å². The van der Waals surface area contributed by atoms with Gasteiger partial charge in [-0.25, -0.2) is 4.39 Å². The number of benzene rings is 2. The van der Waals surface area contributed by atoms with Gasteiger partial charge in [-0.05, 0) is 59.7 Å². The zero-order valence-corrected chi connectivity index (χ0v) is 13.8. The normalized spacial score (nSPS) is 14.8. The number of carboxylic acids is 1. The molecule has 0 aromatic heterocycles. The van der Waals surface area contributed by atoms with Crippen LogP contribution >= 0.6 is 11.8 Å². The smallest absolute Gasteiger partial charge is 0.303 e. The van der Waals surface area contributed by atoms with Gasteiger partial charge in [-0.15, -0.1) is 11.8 Å². The Morgan fingerprint density at radius 1 is 1.25 bits per heavy atom. The number of halogens is 1. The number of hydrogen-bond acceptors (Lipinski definition) is 3. The van der Waals surface area contributed by atoms with Crippen LogP contribution in [-0.4, -0.2) is 16.8 Å². The van der Waals surface area contributed by atoms with Crippen LogP contribution in [0.1, 0.15) is 24.8 Å². The summed E-state index contributed by atoms with van der Waals surface area (Å²) in [5, 5.41) is 17.9. The van der Waals surface area contributed by atoms with E-state index in [2.05, 4.69) is 6.07 Å². The Kier molecular flexibility index (Phi) is 4.59. The topological polar surface area (TPSA) is 61.1 Å². The first kappa shape index (κ1) is 16.5. The minimum absolute atomic E-state index is 0.118. The van der Waals surface area contributed by atoms with Gasteiger partial charge < -0.3 is 5.11 Å². The van der Waals surface area contributed by atoms with E-state index in [0.29, 0.717) is 11.3 Å². The molecule has 0 bridgehead atoms. The second-order valence-electron chi connectivity index (χ2n) is 6.19. The van der Waals surface area contributed by atoms with Crippen molar-refractivity contribution in [3.63, 3.8) is 0 Å². The van der Waals surface area contributed by atoms with Crippen molar-refractivity contribution in [3.05, 3.63) is 53.8 Å². The summed E-state index contributed by atoms with van der Waals surface area (Å²) in [5.74, 6) is -0.362. The van der Waals surface area contributed by atoms with E-state index < -0.39 is 5.97 Å². The van der Waals surface area contributed by atoms with Crippen molar-refractivity contribution in [1.82, 2.24) is 0 Å². The molecule has 1 aliphatic carbocycles. The van der Waals surface area contributed by atoms with Gasteiger partial charge in [-0.1, -0.05) is 12.1 Å². The van der Waals surface area contributed by atoms with Crippen LogP contribution in [0, 0.1) is 22.6 Å². The van der Waals surface area contributed by atoms with Crippen molar-refractivity contribution in [1.29, 1.82) is 5.26 Å². The van der Waals surface area contributed by atoms with Gasteiger partial charge in [0.15, 0.2) is 0 Å². The highest BCUT2D eigenvalue weighted by molar-refractivity contribution is 7.99. The maximum absolute atomic E-state index is 13.7. The second-order valence-corrected chi connectivity index (χ2v) is 7.21. The van der Waals surface area contributed by atoms with Crippen LogP contribution in [0.25, 0.3) is 11.1 Å². The molecule has 0 saturated heterocycles. The van der Waals surface area contributed by atoms with Gasteiger partial charge in [-0.3, -0.25) is 4.79 Å². The SMILES string of the molecule is N#Cc1ccc(-c2cc(F)ccc2SCC2(CC(=O)O)CC2)cc1. The van der Waals surface area contributed by atoms with E-state index in [1.807, 2.05) is 12.1 Å². The quantitative estimate of drug-likeness (QED) is 0.773. The van der Waals surface area contributed by atoms with E-state index >= 15 is 0 Å². The van der Waals surface area contributed by atoms with Crippen LogP contribution in [0.5, 0.6) is 0 Å². The lowest BCUT2D eigenvalue weighted by Crippen LogP contribution is -2.11. The Balaban J connectivity index is 1.83. The summed E-state index contributed by atoms with van der Waals surface area (Å²) in [7, 11) is 0. The summed E-state index contributed by atoms with van der Waals surface area (Å²) in [6.07, 6.45) is 2.05. The number of nitrogens with zero attached hydrogens (tertiary/aromatic N) is 1. The molecule has 0 unspecified atom stereocenters. The molecular weight excluding hydrogens is 325 g/mol. The summed E-state index contributed by atoms with van der Waals surface area (Å²) in [6, 6.07) is 13.8. The molecule has 122 valence electrons. The lowest BCUT2D eigenvalue weighted by Gasteiger charge is -2.14. The molecule has 1 aliphatic rings. The third kappa shape index (κ3) is 3.77. The zero-order chi connectivity index (χ0) is 17.2. The van der Waals surface area contributed by atoms with Crippen molar-refractivity contribution in [3.8, 4) is 17.2 Å². The monoisotopic (exact) mass is 341 g/mol. The van der Waals surface area contributed by atoms with Crippen molar-refractivity contribution in [2.24, 2.45) is 5.41 Å². The van der Waals surface area contributed by atoms with Crippen molar-refractivity contribution in [2.45, 2.75) is 24.2 Å². The highest BCUT2D eigenvalue weighted by Crippen LogP contribution is 2.52. The summed E-state index contributed by atoms with van der Waals surface area (Å²) in [4.78, 5) is 11.9. The lowest BCUT2D eigenvalue weighted by molar-refractivity contribution is -0.138. The van der Waals surface area contributed by atoms with Gasteiger partial charge in [0.25, 0.3) is 0 Å². The molecule has 0 atom stereocenters. The fourth-order valence-corrected chi connectivity index (χ4v) is 4.03. The number of hydrogen-bond donors (Lipinski definition) is 1. The van der Waals surface area contributed by atoms with Crippen LogP contribution in [0.15, 0.2) is 47.4 Å². The first-order valence-corrected chi connectivity index (χ1v) is 8.65. The van der Waals surface area contributed by atoms with E-state index in [1.165, 1.54) is 12.1 Å². The Morgan fingerprint density at radius 2 is 1.96 bits per heavy atom. The third-order valence-corrected chi connectivity index (χ3v) is 5.71. The molecule has 1 N–H and O–H groups in total. The number of rotatable bonds is 6. The zero-order valence-electron chi connectivity index (χ0n) is 13.0. The van der Waals surface area contributed by atoms with Crippen LogP contribution in [0.4, 0.5) is 4.39 Å². The molecule has 3 rings (SSSR count). The molecule has 3 nitrogen and oxygen atoms in total. The fourth-order valence-electron chi connectivity index (χ4n) is 2.68. The van der Waals surface area contributed by atoms with Gasteiger partial charge in [-0.2, -0.15) is 5.26 Å².